The van der Waals surface area contributed by atoms with Gasteiger partial charge in [-0.05, 0) is 67.9 Å². The normalized spacial score (nSPS) is 10.3. The van der Waals surface area contributed by atoms with E-state index in [0.717, 1.165) is 23.0 Å². The Morgan fingerprint density at radius 1 is 0.500 bits per heavy atom. The molecule has 2 nitrogen and oxygen atoms in total. The minimum absolute atomic E-state index is 0.792. The summed E-state index contributed by atoms with van der Waals surface area (Å²) >= 11 is 0. The number of ether oxygens (including phenoxy) is 2. The van der Waals surface area contributed by atoms with Crippen molar-refractivity contribution in [3.05, 3.63) is 83.9 Å². The van der Waals surface area contributed by atoms with E-state index in [0.29, 0.717) is 0 Å². The second-order valence-electron chi connectivity index (χ2n) is 5.31. The Bertz CT molecular complexity index is 743. The zero-order valence-electron chi connectivity index (χ0n) is 12.7. The standard InChI is InChI=1S/C20H18O2/c1-15-6-8-17(9-7-15)21-18-10-12-19(13-11-18)22-20-5-3-4-16(2)14-20/h3-14H,1-2H3. The molecule has 0 unspecified atom stereocenters. The highest BCUT2D eigenvalue weighted by Gasteiger charge is 2.00. The molecule has 0 saturated carbocycles. The summed E-state index contributed by atoms with van der Waals surface area (Å²) in [7, 11) is 0. The Labute approximate surface area is 131 Å². The van der Waals surface area contributed by atoms with E-state index in [1.807, 2.05) is 79.7 Å². The summed E-state index contributed by atoms with van der Waals surface area (Å²) in [5.74, 6) is 3.26. The highest BCUT2D eigenvalue weighted by Crippen LogP contribution is 2.27. The maximum atomic E-state index is 5.82. The van der Waals surface area contributed by atoms with E-state index in [9.17, 15) is 0 Å². The molecule has 0 bridgehead atoms. The quantitative estimate of drug-likeness (QED) is 0.596. The van der Waals surface area contributed by atoms with Crippen molar-refractivity contribution in [3.63, 3.8) is 0 Å². The Hall–Kier alpha value is -2.74. The number of hydrogen-bond acceptors (Lipinski definition) is 2. The number of hydrogen-bond donors (Lipinski definition) is 0. The fourth-order valence-electron chi connectivity index (χ4n) is 2.13. The smallest absolute Gasteiger partial charge is 0.127 e. The molecule has 0 heterocycles. The van der Waals surface area contributed by atoms with Crippen molar-refractivity contribution in [1.82, 2.24) is 0 Å². The molecule has 0 aliphatic heterocycles. The van der Waals surface area contributed by atoms with Crippen LogP contribution in [0.3, 0.4) is 0 Å². The third-order valence-electron chi connectivity index (χ3n) is 3.31. The molecule has 0 fully saturated rings. The number of benzene rings is 3. The molecule has 0 N–H and O–H groups in total. The van der Waals surface area contributed by atoms with Crippen LogP contribution >= 0.6 is 0 Å². The van der Waals surface area contributed by atoms with Crippen molar-refractivity contribution in [2.75, 3.05) is 0 Å². The van der Waals surface area contributed by atoms with E-state index in [1.54, 1.807) is 0 Å². The Morgan fingerprint density at radius 3 is 1.55 bits per heavy atom. The lowest BCUT2D eigenvalue weighted by Gasteiger charge is -2.09. The first-order valence-corrected chi connectivity index (χ1v) is 7.28. The van der Waals surface area contributed by atoms with Crippen LogP contribution in [0.5, 0.6) is 23.0 Å². The molecule has 3 aromatic carbocycles. The molecule has 2 heteroatoms. The largest absolute Gasteiger partial charge is 0.457 e. The molecule has 0 spiro atoms. The van der Waals surface area contributed by atoms with E-state index in [4.69, 9.17) is 9.47 Å². The molecular weight excluding hydrogens is 272 g/mol. The molecule has 0 aliphatic rings. The topological polar surface area (TPSA) is 18.5 Å². The molecule has 0 amide bonds. The van der Waals surface area contributed by atoms with E-state index in [2.05, 4.69) is 6.92 Å². The molecule has 0 aromatic heterocycles. The summed E-state index contributed by atoms with van der Waals surface area (Å²) in [6.07, 6.45) is 0. The van der Waals surface area contributed by atoms with Crippen LogP contribution in [0.25, 0.3) is 0 Å². The van der Waals surface area contributed by atoms with E-state index < -0.39 is 0 Å². The van der Waals surface area contributed by atoms with Crippen LogP contribution in [-0.2, 0) is 0 Å². The lowest BCUT2D eigenvalue weighted by atomic mass is 10.2. The Kier molecular flexibility index (Phi) is 4.10. The van der Waals surface area contributed by atoms with Crippen molar-refractivity contribution >= 4 is 0 Å². The van der Waals surface area contributed by atoms with Crippen molar-refractivity contribution in [1.29, 1.82) is 0 Å². The van der Waals surface area contributed by atoms with Gasteiger partial charge in [0.05, 0.1) is 0 Å². The van der Waals surface area contributed by atoms with Crippen molar-refractivity contribution in [2.45, 2.75) is 13.8 Å². The Morgan fingerprint density at radius 2 is 1.00 bits per heavy atom. The van der Waals surface area contributed by atoms with Gasteiger partial charge >= 0.3 is 0 Å². The summed E-state index contributed by atoms with van der Waals surface area (Å²) in [6.45, 7) is 4.10. The van der Waals surface area contributed by atoms with Crippen LogP contribution < -0.4 is 9.47 Å². The molecule has 22 heavy (non-hydrogen) atoms. The van der Waals surface area contributed by atoms with Crippen LogP contribution in [0.1, 0.15) is 11.1 Å². The highest BCUT2D eigenvalue weighted by atomic mass is 16.5. The van der Waals surface area contributed by atoms with Crippen molar-refractivity contribution in [3.8, 4) is 23.0 Å². The van der Waals surface area contributed by atoms with E-state index >= 15 is 0 Å². The van der Waals surface area contributed by atoms with Gasteiger partial charge in [0.15, 0.2) is 0 Å². The lowest BCUT2D eigenvalue weighted by Crippen LogP contribution is -1.87. The number of rotatable bonds is 4. The van der Waals surface area contributed by atoms with Gasteiger partial charge < -0.3 is 9.47 Å². The van der Waals surface area contributed by atoms with Crippen LogP contribution in [-0.4, -0.2) is 0 Å². The average molecular weight is 290 g/mol. The molecule has 0 aliphatic carbocycles. The summed E-state index contributed by atoms with van der Waals surface area (Å²) in [5, 5.41) is 0. The fourth-order valence-corrected chi connectivity index (χ4v) is 2.13. The summed E-state index contributed by atoms with van der Waals surface area (Å²) in [6, 6.07) is 23.6. The molecular formula is C20H18O2. The minimum Gasteiger partial charge on any atom is -0.457 e. The summed E-state index contributed by atoms with van der Waals surface area (Å²) in [4.78, 5) is 0. The SMILES string of the molecule is Cc1ccc(Oc2ccc(Oc3cccc(C)c3)cc2)cc1. The zero-order chi connectivity index (χ0) is 15.4. The molecule has 3 rings (SSSR count). The van der Waals surface area contributed by atoms with Crippen LogP contribution in [0, 0.1) is 13.8 Å². The monoisotopic (exact) mass is 290 g/mol. The van der Waals surface area contributed by atoms with Crippen molar-refractivity contribution < 1.29 is 9.47 Å². The molecule has 0 saturated heterocycles. The van der Waals surface area contributed by atoms with Crippen LogP contribution in [0.2, 0.25) is 0 Å². The van der Waals surface area contributed by atoms with Gasteiger partial charge in [0.1, 0.15) is 23.0 Å². The molecule has 110 valence electrons. The van der Waals surface area contributed by atoms with Crippen LogP contribution in [0.4, 0.5) is 0 Å². The van der Waals surface area contributed by atoms with Crippen LogP contribution in [0.15, 0.2) is 72.8 Å². The Balaban J connectivity index is 1.68. The van der Waals surface area contributed by atoms with Gasteiger partial charge in [-0.25, -0.2) is 0 Å². The number of aryl methyl sites for hydroxylation is 2. The molecule has 0 atom stereocenters. The van der Waals surface area contributed by atoms with Gasteiger partial charge in [-0.3, -0.25) is 0 Å². The predicted octanol–water partition coefficient (Wildman–Crippen LogP) is 5.89. The lowest BCUT2D eigenvalue weighted by molar-refractivity contribution is 0.469. The highest BCUT2D eigenvalue weighted by molar-refractivity contribution is 5.38. The maximum absolute atomic E-state index is 5.82. The summed E-state index contributed by atoms with van der Waals surface area (Å²) < 4.78 is 11.6. The van der Waals surface area contributed by atoms with E-state index in [-0.39, 0.29) is 0 Å². The fraction of sp³-hybridized carbons (Fsp3) is 0.100. The first kappa shape index (κ1) is 14.2. The van der Waals surface area contributed by atoms with Gasteiger partial charge in [-0.2, -0.15) is 0 Å². The predicted molar refractivity (Wildman–Crippen MR) is 88.9 cm³/mol. The van der Waals surface area contributed by atoms with Crippen molar-refractivity contribution in [2.24, 2.45) is 0 Å². The third kappa shape index (κ3) is 3.67. The zero-order valence-corrected chi connectivity index (χ0v) is 12.7. The van der Waals surface area contributed by atoms with Gasteiger partial charge in [0.25, 0.3) is 0 Å². The minimum atomic E-state index is 0.792. The van der Waals surface area contributed by atoms with Gasteiger partial charge in [0.2, 0.25) is 0 Å². The van der Waals surface area contributed by atoms with E-state index in [1.165, 1.54) is 11.1 Å². The first-order chi connectivity index (χ1) is 10.7. The second kappa shape index (κ2) is 6.35. The van der Waals surface area contributed by atoms with Gasteiger partial charge in [0, 0.05) is 0 Å². The first-order valence-electron chi connectivity index (χ1n) is 7.28. The average Bonchev–Trinajstić information content (AvgIpc) is 2.52. The molecule has 0 radical (unpaired) electrons. The van der Waals surface area contributed by atoms with Gasteiger partial charge in [-0.1, -0.05) is 29.8 Å². The molecule has 3 aromatic rings. The summed E-state index contributed by atoms with van der Waals surface area (Å²) in [5.41, 5.74) is 2.39. The maximum Gasteiger partial charge on any atom is 0.127 e. The van der Waals surface area contributed by atoms with Gasteiger partial charge in [-0.15, -0.1) is 0 Å². The second-order valence-corrected chi connectivity index (χ2v) is 5.31. The third-order valence-corrected chi connectivity index (χ3v) is 3.31.